The van der Waals surface area contributed by atoms with Crippen LogP contribution in [-0.2, 0) is 9.47 Å². The van der Waals surface area contributed by atoms with Crippen LogP contribution in [0.3, 0.4) is 0 Å². The van der Waals surface area contributed by atoms with Gasteiger partial charge in [-0.25, -0.2) is 0 Å². The first-order valence-electron chi connectivity index (χ1n) is 5.19. The van der Waals surface area contributed by atoms with E-state index in [4.69, 9.17) is 15.2 Å². The van der Waals surface area contributed by atoms with Gasteiger partial charge in [0.2, 0.25) is 0 Å². The number of ether oxygens (including phenoxy) is 2. The average molecular weight is 201 g/mol. The molecule has 0 fully saturated rings. The predicted octanol–water partition coefficient (Wildman–Crippen LogP) is 1.72. The standard InChI is InChI=1S/C11H23NO2/c1-4-10(2)9-11(12)5-6-14-8-7-13-3/h11H,2,4-9,12H2,1,3H3. The molecule has 0 aromatic carbocycles. The summed E-state index contributed by atoms with van der Waals surface area (Å²) < 4.78 is 10.2. The Kier molecular flexibility index (Phi) is 8.94. The van der Waals surface area contributed by atoms with Gasteiger partial charge in [-0.05, 0) is 19.3 Å². The largest absolute Gasteiger partial charge is 0.382 e. The third-order valence-electron chi connectivity index (χ3n) is 2.12. The summed E-state index contributed by atoms with van der Waals surface area (Å²) in [7, 11) is 1.67. The maximum absolute atomic E-state index is 5.89. The van der Waals surface area contributed by atoms with Crippen LogP contribution in [0, 0.1) is 0 Å². The number of nitrogens with two attached hydrogens (primary N) is 1. The lowest BCUT2D eigenvalue weighted by Gasteiger charge is -2.12. The van der Waals surface area contributed by atoms with E-state index in [1.807, 2.05) is 0 Å². The van der Waals surface area contributed by atoms with Gasteiger partial charge in [-0.3, -0.25) is 0 Å². The molecule has 2 N–H and O–H groups in total. The van der Waals surface area contributed by atoms with E-state index < -0.39 is 0 Å². The van der Waals surface area contributed by atoms with E-state index in [0.717, 1.165) is 19.3 Å². The lowest BCUT2D eigenvalue weighted by Crippen LogP contribution is -2.22. The molecule has 0 rings (SSSR count). The molecule has 0 aliphatic rings. The van der Waals surface area contributed by atoms with E-state index >= 15 is 0 Å². The minimum absolute atomic E-state index is 0.185. The van der Waals surface area contributed by atoms with Crippen LogP contribution in [0.4, 0.5) is 0 Å². The van der Waals surface area contributed by atoms with Crippen molar-refractivity contribution in [3.8, 4) is 0 Å². The van der Waals surface area contributed by atoms with Crippen LogP contribution in [0.15, 0.2) is 12.2 Å². The molecule has 0 saturated heterocycles. The van der Waals surface area contributed by atoms with Crippen LogP contribution in [0.25, 0.3) is 0 Å². The fourth-order valence-electron chi connectivity index (χ4n) is 1.10. The van der Waals surface area contributed by atoms with E-state index in [0.29, 0.717) is 19.8 Å². The topological polar surface area (TPSA) is 44.5 Å². The molecule has 1 unspecified atom stereocenters. The number of rotatable bonds is 9. The van der Waals surface area contributed by atoms with Crippen molar-refractivity contribution in [3.05, 3.63) is 12.2 Å². The molecule has 0 aliphatic carbocycles. The van der Waals surface area contributed by atoms with Crippen molar-refractivity contribution in [2.75, 3.05) is 26.9 Å². The van der Waals surface area contributed by atoms with Gasteiger partial charge in [-0.2, -0.15) is 0 Å². The third kappa shape index (κ3) is 8.23. The normalized spacial score (nSPS) is 12.8. The number of hydrogen-bond donors (Lipinski definition) is 1. The molecule has 0 aromatic heterocycles. The quantitative estimate of drug-likeness (QED) is 0.456. The lowest BCUT2D eigenvalue weighted by atomic mass is 10.0. The van der Waals surface area contributed by atoms with Crippen molar-refractivity contribution in [3.63, 3.8) is 0 Å². The summed E-state index contributed by atoms with van der Waals surface area (Å²) in [5.74, 6) is 0. The van der Waals surface area contributed by atoms with Crippen molar-refractivity contribution < 1.29 is 9.47 Å². The minimum atomic E-state index is 0.185. The van der Waals surface area contributed by atoms with Crippen LogP contribution >= 0.6 is 0 Å². The van der Waals surface area contributed by atoms with Gasteiger partial charge in [-0.15, -0.1) is 0 Å². The molecule has 0 saturated carbocycles. The second kappa shape index (κ2) is 9.19. The predicted molar refractivity (Wildman–Crippen MR) is 59.3 cm³/mol. The van der Waals surface area contributed by atoms with Crippen molar-refractivity contribution in [1.29, 1.82) is 0 Å². The van der Waals surface area contributed by atoms with Crippen molar-refractivity contribution in [2.45, 2.75) is 32.2 Å². The van der Waals surface area contributed by atoms with Crippen LogP contribution in [0.1, 0.15) is 26.2 Å². The van der Waals surface area contributed by atoms with Gasteiger partial charge in [0.15, 0.2) is 0 Å². The first kappa shape index (κ1) is 13.6. The molecule has 1 atom stereocenters. The SMILES string of the molecule is C=C(CC)CC(N)CCOCCOC. The minimum Gasteiger partial charge on any atom is -0.382 e. The van der Waals surface area contributed by atoms with Crippen molar-refractivity contribution in [1.82, 2.24) is 0 Å². The highest BCUT2D eigenvalue weighted by molar-refractivity contribution is 4.95. The molecular weight excluding hydrogens is 178 g/mol. The Bertz CT molecular complexity index is 148. The number of hydrogen-bond acceptors (Lipinski definition) is 3. The Balaban J connectivity index is 3.26. The summed E-state index contributed by atoms with van der Waals surface area (Å²) in [5.41, 5.74) is 7.11. The fraction of sp³-hybridized carbons (Fsp3) is 0.818. The van der Waals surface area contributed by atoms with Gasteiger partial charge in [0.05, 0.1) is 13.2 Å². The zero-order valence-corrected chi connectivity index (χ0v) is 9.42. The molecular formula is C11H23NO2. The summed E-state index contributed by atoms with van der Waals surface area (Å²) in [6.07, 6.45) is 2.81. The monoisotopic (exact) mass is 201 g/mol. The summed E-state index contributed by atoms with van der Waals surface area (Å²) in [6.45, 7) is 8.04. The Morgan fingerprint density at radius 2 is 2.07 bits per heavy atom. The van der Waals surface area contributed by atoms with Gasteiger partial charge < -0.3 is 15.2 Å². The van der Waals surface area contributed by atoms with Crippen LogP contribution in [0.5, 0.6) is 0 Å². The van der Waals surface area contributed by atoms with Gasteiger partial charge in [0.25, 0.3) is 0 Å². The van der Waals surface area contributed by atoms with Crippen molar-refractivity contribution in [2.24, 2.45) is 5.73 Å². The molecule has 0 radical (unpaired) electrons. The van der Waals surface area contributed by atoms with E-state index in [1.165, 1.54) is 5.57 Å². The lowest BCUT2D eigenvalue weighted by molar-refractivity contribution is 0.0672. The van der Waals surface area contributed by atoms with E-state index in [-0.39, 0.29) is 6.04 Å². The summed E-state index contributed by atoms with van der Waals surface area (Å²) in [5, 5.41) is 0. The molecule has 0 aromatic rings. The molecule has 3 nitrogen and oxygen atoms in total. The molecule has 84 valence electrons. The molecule has 3 heteroatoms. The second-order valence-corrected chi connectivity index (χ2v) is 3.46. The molecule has 0 aliphatic heterocycles. The molecule has 0 bridgehead atoms. The Morgan fingerprint density at radius 3 is 2.64 bits per heavy atom. The fourth-order valence-corrected chi connectivity index (χ4v) is 1.10. The van der Waals surface area contributed by atoms with Crippen LogP contribution in [0.2, 0.25) is 0 Å². The van der Waals surface area contributed by atoms with E-state index in [2.05, 4.69) is 13.5 Å². The molecule has 0 amide bonds. The maximum Gasteiger partial charge on any atom is 0.0700 e. The highest BCUT2D eigenvalue weighted by Crippen LogP contribution is 2.07. The number of methoxy groups -OCH3 is 1. The maximum atomic E-state index is 5.89. The molecule has 0 heterocycles. The summed E-state index contributed by atoms with van der Waals surface area (Å²) in [6, 6.07) is 0.185. The highest BCUT2D eigenvalue weighted by atomic mass is 16.5. The van der Waals surface area contributed by atoms with Gasteiger partial charge in [-0.1, -0.05) is 19.1 Å². The first-order valence-corrected chi connectivity index (χ1v) is 5.19. The van der Waals surface area contributed by atoms with Gasteiger partial charge >= 0.3 is 0 Å². The highest BCUT2D eigenvalue weighted by Gasteiger charge is 2.03. The third-order valence-corrected chi connectivity index (χ3v) is 2.12. The zero-order valence-electron chi connectivity index (χ0n) is 9.42. The smallest absolute Gasteiger partial charge is 0.0700 e. The zero-order chi connectivity index (χ0) is 10.8. The molecule has 0 spiro atoms. The van der Waals surface area contributed by atoms with Gasteiger partial charge in [0, 0.05) is 19.8 Å². The van der Waals surface area contributed by atoms with Crippen LogP contribution in [-0.4, -0.2) is 33.0 Å². The van der Waals surface area contributed by atoms with Crippen LogP contribution < -0.4 is 5.73 Å². The van der Waals surface area contributed by atoms with E-state index in [9.17, 15) is 0 Å². The molecule has 14 heavy (non-hydrogen) atoms. The van der Waals surface area contributed by atoms with Crippen molar-refractivity contribution >= 4 is 0 Å². The first-order chi connectivity index (χ1) is 6.70. The Hall–Kier alpha value is -0.380. The summed E-state index contributed by atoms with van der Waals surface area (Å²) >= 11 is 0. The Morgan fingerprint density at radius 1 is 1.36 bits per heavy atom. The average Bonchev–Trinajstić information content (AvgIpc) is 2.17. The summed E-state index contributed by atoms with van der Waals surface area (Å²) in [4.78, 5) is 0. The van der Waals surface area contributed by atoms with E-state index in [1.54, 1.807) is 7.11 Å². The van der Waals surface area contributed by atoms with Gasteiger partial charge in [0.1, 0.15) is 0 Å². The second-order valence-electron chi connectivity index (χ2n) is 3.46. The Labute approximate surface area is 87.3 Å².